The average molecular weight is 372 g/mol. The number of nitriles is 3. The number of rotatable bonds is 3. The SMILES string of the molecule is COc1ccc(C(C#N)=C2Oc3cc(C#N)c(C#N)cc3N(OC)C2=O)cc1. The normalized spacial score (nSPS) is 14.1. The summed E-state index contributed by atoms with van der Waals surface area (Å²) >= 11 is 0. The Labute approximate surface area is 160 Å². The Balaban J connectivity index is 2.20. The Kier molecular flexibility index (Phi) is 4.95. The molecule has 2 aromatic rings. The number of carbonyl (C=O) groups excluding carboxylic acids is 1. The number of hydroxylamine groups is 1. The molecular formula is C20H12N4O4. The van der Waals surface area contributed by atoms with Gasteiger partial charge in [0.05, 0.1) is 25.3 Å². The monoisotopic (exact) mass is 372 g/mol. The number of hydrogen-bond donors (Lipinski definition) is 0. The van der Waals surface area contributed by atoms with Crippen LogP contribution in [0.25, 0.3) is 5.57 Å². The van der Waals surface area contributed by atoms with Gasteiger partial charge in [0, 0.05) is 6.07 Å². The maximum atomic E-state index is 12.9. The fraction of sp³-hybridized carbons (Fsp3) is 0.100. The van der Waals surface area contributed by atoms with Crippen molar-refractivity contribution in [3.8, 4) is 29.7 Å². The summed E-state index contributed by atoms with van der Waals surface area (Å²) in [5.41, 5.74) is 0.749. The Bertz CT molecular complexity index is 1120. The van der Waals surface area contributed by atoms with Crippen LogP contribution in [0.15, 0.2) is 42.2 Å². The zero-order valence-electron chi connectivity index (χ0n) is 14.9. The maximum Gasteiger partial charge on any atom is 0.319 e. The van der Waals surface area contributed by atoms with Gasteiger partial charge in [-0.25, -0.2) is 0 Å². The molecule has 0 N–H and O–H groups in total. The predicted molar refractivity (Wildman–Crippen MR) is 96.5 cm³/mol. The van der Waals surface area contributed by atoms with Crippen LogP contribution in [0.4, 0.5) is 5.69 Å². The minimum absolute atomic E-state index is 0.0109. The van der Waals surface area contributed by atoms with E-state index in [9.17, 15) is 20.6 Å². The van der Waals surface area contributed by atoms with Crippen molar-refractivity contribution < 1.29 is 19.1 Å². The lowest BCUT2D eigenvalue weighted by atomic mass is 10.0. The van der Waals surface area contributed by atoms with Gasteiger partial charge in [0.25, 0.3) is 0 Å². The summed E-state index contributed by atoms with van der Waals surface area (Å²) in [5, 5.41) is 29.0. The third kappa shape index (κ3) is 2.99. The van der Waals surface area contributed by atoms with Crippen molar-refractivity contribution in [2.45, 2.75) is 0 Å². The molecule has 0 unspecified atom stereocenters. The highest BCUT2D eigenvalue weighted by Gasteiger charge is 2.35. The molecule has 1 aliphatic rings. The second-order valence-electron chi connectivity index (χ2n) is 5.52. The highest BCUT2D eigenvalue weighted by atomic mass is 16.7. The first-order valence-corrected chi connectivity index (χ1v) is 7.91. The molecule has 28 heavy (non-hydrogen) atoms. The van der Waals surface area contributed by atoms with Crippen molar-refractivity contribution in [2.75, 3.05) is 19.3 Å². The fourth-order valence-corrected chi connectivity index (χ4v) is 2.69. The molecule has 2 aromatic carbocycles. The number of amides is 1. The molecule has 0 bridgehead atoms. The minimum atomic E-state index is -0.712. The van der Waals surface area contributed by atoms with Crippen LogP contribution in [0, 0.1) is 34.0 Å². The summed E-state index contributed by atoms with van der Waals surface area (Å²) in [6.45, 7) is 0. The van der Waals surface area contributed by atoms with Crippen molar-refractivity contribution in [1.82, 2.24) is 0 Å². The van der Waals surface area contributed by atoms with Gasteiger partial charge in [-0.05, 0) is 35.9 Å². The van der Waals surface area contributed by atoms with Crippen molar-refractivity contribution in [3.63, 3.8) is 0 Å². The molecule has 1 amide bonds. The molecule has 8 nitrogen and oxygen atoms in total. The van der Waals surface area contributed by atoms with Gasteiger partial charge in [0.15, 0.2) is 5.75 Å². The molecule has 0 atom stereocenters. The Morgan fingerprint density at radius 1 is 1.04 bits per heavy atom. The van der Waals surface area contributed by atoms with E-state index in [4.69, 9.17) is 14.3 Å². The summed E-state index contributed by atoms with van der Waals surface area (Å²) in [5.74, 6) is -0.256. The first-order valence-electron chi connectivity index (χ1n) is 7.91. The lowest BCUT2D eigenvalue weighted by molar-refractivity contribution is -0.123. The zero-order valence-corrected chi connectivity index (χ0v) is 14.9. The molecule has 8 heteroatoms. The number of methoxy groups -OCH3 is 1. The van der Waals surface area contributed by atoms with Crippen LogP contribution in [0.1, 0.15) is 16.7 Å². The van der Waals surface area contributed by atoms with Crippen LogP contribution in [-0.4, -0.2) is 20.1 Å². The van der Waals surface area contributed by atoms with Gasteiger partial charge in [-0.2, -0.15) is 20.8 Å². The molecule has 3 rings (SSSR count). The quantitative estimate of drug-likeness (QED) is 0.600. The van der Waals surface area contributed by atoms with Crippen molar-refractivity contribution in [1.29, 1.82) is 15.8 Å². The average Bonchev–Trinajstić information content (AvgIpc) is 2.74. The van der Waals surface area contributed by atoms with Gasteiger partial charge in [-0.1, -0.05) is 0 Å². The topological polar surface area (TPSA) is 119 Å². The van der Waals surface area contributed by atoms with E-state index in [1.165, 1.54) is 26.4 Å². The number of nitrogens with zero attached hydrogens (tertiary/aromatic N) is 4. The largest absolute Gasteiger partial charge is 0.497 e. The Hall–Kier alpha value is -4.32. The van der Waals surface area contributed by atoms with Crippen molar-refractivity contribution in [2.24, 2.45) is 0 Å². The lowest BCUT2D eigenvalue weighted by Crippen LogP contribution is -2.37. The highest BCUT2D eigenvalue weighted by Crippen LogP contribution is 2.39. The van der Waals surface area contributed by atoms with E-state index in [0.29, 0.717) is 11.3 Å². The summed E-state index contributed by atoms with van der Waals surface area (Å²) in [4.78, 5) is 18.0. The second-order valence-corrected chi connectivity index (χ2v) is 5.52. The summed E-state index contributed by atoms with van der Waals surface area (Å²) in [6.07, 6.45) is 0. The van der Waals surface area contributed by atoms with E-state index in [-0.39, 0.29) is 33.9 Å². The molecule has 1 aliphatic heterocycles. The Morgan fingerprint density at radius 3 is 2.21 bits per heavy atom. The van der Waals surface area contributed by atoms with Crippen LogP contribution in [-0.2, 0) is 9.63 Å². The van der Waals surface area contributed by atoms with Crippen LogP contribution >= 0.6 is 0 Å². The summed E-state index contributed by atoms with van der Waals surface area (Å²) in [7, 11) is 2.79. The molecule has 136 valence electrons. The highest BCUT2D eigenvalue weighted by molar-refractivity contribution is 6.12. The molecule has 0 radical (unpaired) electrons. The van der Waals surface area contributed by atoms with E-state index in [1.54, 1.807) is 24.3 Å². The van der Waals surface area contributed by atoms with E-state index in [1.807, 2.05) is 18.2 Å². The molecule has 1 heterocycles. The van der Waals surface area contributed by atoms with E-state index in [0.717, 1.165) is 5.06 Å². The van der Waals surface area contributed by atoms with Gasteiger partial charge in [0.1, 0.15) is 35.2 Å². The number of anilines is 1. The molecule has 0 aliphatic carbocycles. The van der Waals surface area contributed by atoms with Gasteiger partial charge in [-0.3, -0.25) is 9.63 Å². The van der Waals surface area contributed by atoms with Crippen molar-refractivity contribution in [3.05, 3.63) is 58.8 Å². The lowest BCUT2D eigenvalue weighted by Gasteiger charge is -2.29. The molecule has 0 saturated carbocycles. The van der Waals surface area contributed by atoms with Crippen LogP contribution < -0.4 is 14.5 Å². The molecule has 0 aromatic heterocycles. The predicted octanol–water partition coefficient (Wildman–Crippen LogP) is 2.66. The molecule has 0 fully saturated rings. The molecule has 0 saturated heterocycles. The van der Waals surface area contributed by atoms with Crippen LogP contribution in [0.2, 0.25) is 0 Å². The number of benzene rings is 2. The maximum absolute atomic E-state index is 12.9. The van der Waals surface area contributed by atoms with Gasteiger partial charge in [-0.15, -0.1) is 0 Å². The smallest absolute Gasteiger partial charge is 0.319 e. The van der Waals surface area contributed by atoms with Gasteiger partial charge in [0.2, 0.25) is 5.76 Å². The van der Waals surface area contributed by atoms with Crippen LogP contribution in [0.3, 0.4) is 0 Å². The third-order valence-corrected chi connectivity index (χ3v) is 4.05. The van der Waals surface area contributed by atoms with E-state index >= 15 is 0 Å². The van der Waals surface area contributed by atoms with Crippen LogP contribution in [0.5, 0.6) is 11.5 Å². The standard InChI is InChI=1S/C20H12N4O4/c1-26-15-5-3-12(4-6-15)16(11-23)19-20(25)24(27-2)17-7-13(9-21)14(10-22)8-18(17)28-19/h3-8H,1-2H3. The fourth-order valence-electron chi connectivity index (χ4n) is 2.69. The number of allylic oxidation sites excluding steroid dienone is 1. The zero-order chi connectivity index (χ0) is 20.3. The number of hydrogen-bond acceptors (Lipinski definition) is 7. The molecular weight excluding hydrogens is 360 g/mol. The summed E-state index contributed by atoms with van der Waals surface area (Å²) < 4.78 is 10.8. The number of fused-ring (bicyclic) bond motifs is 1. The second kappa shape index (κ2) is 7.51. The van der Waals surface area contributed by atoms with Gasteiger partial charge < -0.3 is 9.47 Å². The Morgan fingerprint density at radius 2 is 1.68 bits per heavy atom. The first kappa shape index (κ1) is 18.5. The molecule has 0 spiro atoms. The first-order chi connectivity index (χ1) is 13.6. The minimum Gasteiger partial charge on any atom is -0.497 e. The third-order valence-electron chi connectivity index (χ3n) is 4.05. The van der Waals surface area contributed by atoms with E-state index in [2.05, 4.69) is 0 Å². The van der Waals surface area contributed by atoms with Crippen molar-refractivity contribution >= 4 is 17.2 Å². The van der Waals surface area contributed by atoms with Gasteiger partial charge >= 0.3 is 5.91 Å². The van der Waals surface area contributed by atoms with E-state index < -0.39 is 5.91 Å². The number of carbonyl (C=O) groups is 1. The summed E-state index contributed by atoms with van der Waals surface area (Å²) in [6, 6.07) is 15.0. The number of ether oxygens (including phenoxy) is 2.